The minimum atomic E-state index is -3.59. The lowest BCUT2D eigenvalue weighted by atomic mass is 9.75. The number of esters is 1. The highest BCUT2D eigenvalue weighted by atomic mass is 32.2. The molecule has 5 nitrogen and oxygen atoms in total. The van der Waals surface area contributed by atoms with E-state index < -0.39 is 15.4 Å². The van der Waals surface area contributed by atoms with Crippen LogP contribution in [0, 0.1) is 5.41 Å². The molecule has 2 aromatic rings. The number of ether oxygens (including phenoxy) is 1. The number of nitrogens with zero attached hydrogens (tertiary/aromatic N) is 1. The van der Waals surface area contributed by atoms with E-state index in [4.69, 9.17) is 4.74 Å². The van der Waals surface area contributed by atoms with E-state index in [-0.39, 0.29) is 19.1 Å². The number of thiophene rings is 1. The highest BCUT2D eigenvalue weighted by Crippen LogP contribution is 2.38. The van der Waals surface area contributed by atoms with Crippen molar-refractivity contribution in [3.8, 4) is 0 Å². The van der Waals surface area contributed by atoms with E-state index in [0.717, 1.165) is 5.56 Å². The normalized spacial score (nSPS) is 21.4. The number of hydrogen-bond donors (Lipinski definition) is 0. The maximum Gasteiger partial charge on any atom is 0.313 e. The Morgan fingerprint density at radius 1 is 1.23 bits per heavy atom. The van der Waals surface area contributed by atoms with Gasteiger partial charge >= 0.3 is 5.97 Å². The zero-order valence-corrected chi connectivity index (χ0v) is 16.4. The number of carbonyl (C=O) groups is 1. The van der Waals surface area contributed by atoms with E-state index in [0.29, 0.717) is 30.0 Å². The molecule has 1 aliphatic rings. The molecule has 26 heavy (non-hydrogen) atoms. The third-order valence-corrected chi connectivity index (χ3v) is 7.94. The van der Waals surface area contributed by atoms with Crippen LogP contribution in [0.15, 0.2) is 52.1 Å². The molecule has 3 rings (SSSR count). The number of benzene rings is 1. The smallest absolute Gasteiger partial charge is 0.313 e. The molecule has 0 unspecified atom stereocenters. The maximum absolute atomic E-state index is 13.0. The monoisotopic (exact) mass is 393 g/mol. The zero-order chi connectivity index (χ0) is 18.6. The molecule has 0 spiro atoms. The van der Waals surface area contributed by atoms with Crippen LogP contribution >= 0.6 is 11.3 Å². The number of carbonyl (C=O) groups excluding carboxylic acids is 1. The summed E-state index contributed by atoms with van der Waals surface area (Å²) in [6.45, 7) is 2.64. The van der Waals surface area contributed by atoms with Crippen LogP contribution in [0.4, 0.5) is 0 Å². The molecule has 1 aliphatic heterocycles. The molecule has 140 valence electrons. The van der Waals surface area contributed by atoms with Gasteiger partial charge in [-0.05, 0) is 43.2 Å². The quantitative estimate of drug-likeness (QED) is 0.706. The van der Waals surface area contributed by atoms with Gasteiger partial charge in [0.05, 0.1) is 12.0 Å². The summed E-state index contributed by atoms with van der Waals surface area (Å²) in [6.07, 6.45) is 1.73. The molecule has 0 saturated carbocycles. The van der Waals surface area contributed by atoms with Crippen molar-refractivity contribution in [3.05, 3.63) is 53.4 Å². The van der Waals surface area contributed by atoms with Crippen LogP contribution in [0.25, 0.3) is 0 Å². The SMILES string of the molecule is CCOC(=O)[C@@]1(Cc2ccccc2)CCCN(S(=O)(=O)c2cccs2)C1. The van der Waals surface area contributed by atoms with Gasteiger partial charge in [0.15, 0.2) is 0 Å². The van der Waals surface area contributed by atoms with Crippen LogP contribution in [0.5, 0.6) is 0 Å². The fraction of sp³-hybridized carbons (Fsp3) is 0.421. The van der Waals surface area contributed by atoms with E-state index in [1.54, 1.807) is 24.4 Å². The molecule has 1 aromatic carbocycles. The Morgan fingerprint density at radius 2 is 2.00 bits per heavy atom. The third-order valence-electron chi connectivity index (χ3n) is 4.72. The minimum Gasteiger partial charge on any atom is -0.466 e. The third kappa shape index (κ3) is 3.84. The van der Waals surface area contributed by atoms with Gasteiger partial charge in [-0.15, -0.1) is 11.3 Å². The van der Waals surface area contributed by atoms with Crippen molar-refractivity contribution >= 4 is 27.3 Å². The van der Waals surface area contributed by atoms with Gasteiger partial charge in [-0.1, -0.05) is 36.4 Å². The second kappa shape index (κ2) is 7.90. The molecule has 7 heteroatoms. The topological polar surface area (TPSA) is 63.7 Å². The van der Waals surface area contributed by atoms with Crippen LogP contribution in [0.2, 0.25) is 0 Å². The van der Waals surface area contributed by atoms with Crippen molar-refractivity contribution < 1.29 is 17.9 Å². The second-order valence-corrected chi connectivity index (χ2v) is 9.65. The molecule has 1 aromatic heterocycles. The van der Waals surface area contributed by atoms with Crippen molar-refractivity contribution in [1.29, 1.82) is 0 Å². The van der Waals surface area contributed by atoms with Gasteiger partial charge in [0, 0.05) is 13.1 Å². The summed E-state index contributed by atoms with van der Waals surface area (Å²) in [5.74, 6) is -0.310. The molecular weight excluding hydrogens is 370 g/mol. The van der Waals surface area contributed by atoms with Crippen molar-refractivity contribution in [2.75, 3.05) is 19.7 Å². The number of piperidine rings is 1. The molecule has 1 fully saturated rings. The van der Waals surface area contributed by atoms with Crippen molar-refractivity contribution in [2.24, 2.45) is 5.41 Å². The minimum absolute atomic E-state index is 0.154. The molecule has 0 radical (unpaired) electrons. The molecular formula is C19H23NO4S2. The Morgan fingerprint density at radius 3 is 2.65 bits per heavy atom. The molecule has 0 aliphatic carbocycles. The summed E-state index contributed by atoms with van der Waals surface area (Å²) in [4.78, 5) is 12.8. The van der Waals surface area contributed by atoms with E-state index >= 15 is 0 Å². The summed E-state index contributed by atoms with van der Waals surface area (Å²) < 4.78 is 33.0. The van der Waals surface area contributed by atoms with Gasteiger partial charge in [0.2, 0.25) is 0 Å². The molecule has 1 saturated heterocycles. The Hall–Kier alpha value is -1.70. The van der Waals surface area contributed by atoms with E-state index in [1.807, 2.05) is 30.3 Å². The van der Waals surface area contributed by atoms with Gasteiger partial charge in [0.1, 0.15) is 4.21 Å². The van der Waals surface area contributed by atoms with Gasteiger partial charge in [-0.2, -0.15) is 4.31 Å². The first-order valence-electron chi connectivity index (χ1n) is 8.73. The van der Waals surface area contributed by atoms with Crippen LogP contribution in [0.1, 0.15) is 25.3 Å². The largest absolute Gasteiger partial charge is 0.466 e. The first-order chi connectivity index (χ1) is 12.5. The molecule has 2 heterocycles. The summed E-state index contributed by atoms with van der Waals surface area (Å²) in [5.41, 5.74) is 0.163. The Balaban J connectivity index is 1.92. The Labute approximate surface area is 158 Å². The first kappa shape index (κ1) is 19.1. The standard InChI is InChI=1S/C19H23NO4S2/c1-2-24-18(21)19(14-16-8-4-3-5-9-16)11-7-12-20(15-19)26(22,23)17-10-6-13-25-17/h3-6,8-10,13H,2,7,11-12,14-15H2,1H3/t19-/m1/s1. The van der Waals surface area contributed by atoms with E-state index in [2.05, 4.69) is 0 Å². The lowest BCUT2D eigenvalue weighted by Gasteiger charge is -2.40. The van der Waals surface area contributed by atoms with E-state index in [9.17, 15) is 13.2 Å². The molecule has 0 amide bonds. The first-order valence-corrected chi connectivity index (χ1v) is 11.0. The average molecular weight is 394 g/mol. The maximum atomic E-state index is 13.0. The van der Waals surface area contributed by atoms with E-state index in [1.165, 1.54) is 15.6 Å². The average Bonchev–Trinajstić information content (AvgIpc) is 3.18. The Kier molecular flexibility index (Phi) is 5.79. The predicted molar refractivity (Wildman–Crippen MR) is 102 cm³/mol. The predicted octanol–water partition coefficient (Wildman–Crippen LogP) is 3.32. The van der Waals surface area contributed by atoms with Crippen LogP contribution in [-0.2, 0) is 26.0 Å². The summed E-state index contributed by atoms with van der Waals surface area (Å²) in [5, 5.41) is 1.75. The summed E-state index contributed by atoms with van der Waals surface area (Å²) >= 11 is 1.20. The van der Waals surface area contributed by atoms with Crippen LogP contribution < -0.4 is 0 Å². The molecule has 0 N–H and O–H groups in total. The van der Waals surface area contributed by atoms with Crippen molar-refractivity contribution in [2.45, 2.75) is 30.4 Å². The van der Waals surface area contributed by atoms with Gasteiger partial charge in [0.25, 0.3) is 10.0 Å². The lowest BCUT2D eigenvalue weighted by Crippen LogP contribution is -2.51. The zero-order valence-electron chi connectivity index (χ0n) is 14.8. The molecule has 1 atom stereocenters. The van der Waals surface area contributed by atoms with Crippen LogP contribution in [-0.4, -0.2) is 38.4 Å². The van der Waals surface area contributed by atoms with Crippen LogP contribution in [0.3, 0.4) is 0 Å². The van der Waals surface area contributed by atoms with Crippen molar-refractivity contribution in [1.82, 2.24) is 4.31 Å². The summed E-state index contributed by atoms with van der Waals surface area (Å²) in [7, 11) is -3.59. The highest BCUT2D eigenvalue weighted by Gasteiger charge is 2.46. The highest BCUT2D eigenvalue weighted by molar-refractivity contribution is 7.91. The number of sulfonamides is 1. The number of hydrogen-bond acceptors (Lipinski definition) is 5. The van der Waals surface area contributed by atoms with Gasteiger partial charge in [-0.3, -0.25) is 4.79 Å². The fourth-order valence-corrected chi connectivity index (χ4v) is 6.20. The van der Waals surface area contributed by atoms with Crippen molar-refractivity contribution in [3.63, 3.8) is 0 Å². The fourth-order valence-electron chi connectivity index (χ4n) is 3.49. The van der Waals surface area contributed by atoms with Gasteiger partial charge < -0.3 is 4.74 Å². The molecule has 0 bridgehead atoms. The lowest BCUT2D eigenvalue weighted by molar-refractivity contribution is -0.157. The second-order valence-electron chi connectivity index (χ2n) is 6.54. The summed E-state index contributed by atoms with van der Waals surface area (Å²) in [6, 6.07) is 13.0. The van der Waals surface area contributed by atoms with Gasteiger partial charge in [-0.25, -0.2) is 8.42 Å². The number of rotatable bonds is 6. The Bertz CT molecular complexity index is 834.